The van der Waals surface area contributed by atoms with Crippen molar-refractivity contribution >= 4 is 35.5 Å². The van der Waals surface area contributed by atoms with E-state index in [2.05, 4.69) is 9.98 Å². The van der Waals surface area contributed by atoms with Crippen LogP contribution in [0.5, 0.6) is 0 Å². The molecule has 0 spiro atoms. The molecule has 0 heterocycles. The number of aliphatic imine (C=N–C) groups is 2. The summed E-state index contributed by atoms with van der Waals surface area (Å²) in [5.74, 6) is -2.81. The van der Waals surface area contributed by atoms with Gasteiger partial charge in [-0.05, 0) is 41.8 Å². The molecule has 0 fully saturated rings. The van der Waals surface area contributed by atoms with Crippen molar-refractivity contribution in [2.75, 3.05) is 0 Å². The van der Waals surface area contributed by atoms with Crippen LogP contribution in [0.25, 0.3) is 0 Å². The number of isocyanates is 2. The van der Waals surface area contributed by atoms with Crippen LogP contribution in [-0.2, 0) is 9.59 Å². The van der Waals surface area contributed by atoms with Gasteiger partial charge in [-0.1, -0.05) is 19.1 Å². The molecule has 0 saturated carbocycles. The predicted octanol–water partition coefficient (Wildman–Crippen LogP) is 3.56. The van der Waals surface area contributed by atoms with Crippen LogP contribution in [0.2, 0.25) is 0 Å². The van der Waals surface area contributed by atoms with Gasteiger partial charge in [-0.2, -0.15) is 9.98 Å². The largest absolute Gasteiger partial charge is 0.478 e. The summed E-state index contributed by atoms with van der Waals surface area (Å²) in [6, 6.07) is 8.82. The second kappa shape index (κ2) is 8.49. The van der Waals surface area contributed by atoms with Crippen molar-refractivity contribution in [3.63, 3.8) is 0 Å². The molecule has 8 nitrogen and oxygen atoms in total. The number of nitrogens with zero attached hydrogens (tertiary/aromatic N) is 2. The van der Waals surface area contributed by atoms with Crippen molar-refractivity contribution in [1.29, 1.82) is 0 Å². The molecule has 0 aromatic heterocycles. The number of hydrogen-bond acceptors (Lipinski definition) is 6. The minimum Gasteiger partial charge on any atom is -0.478 e. The van der Waals surface area contributed by atoms with Crippen molar-refractivity contribution in [2.45, 2.75) is 19.3 Å². The summed E-state index contributed by atoms with van der Waals surface area (Å²) in [5, 5.41) is 18.7. The van der Waals surface area contributed by atoms with Crippen LogP contribution < -0.4 is 0 Å². The maximum atomic E-state index is 11.4. The first-order valence-electron chi connectivity index (χ1n) is 7.83. The van der Waals surface area contributed by atoms with Crippen LogP contribution in [-0.4, -0.2) is 34.3 Å². The molecule has 0 unspecified atom stereocenters. The third kappa shape index (κ3) is 4.22. The number of rotatable bonds is 7. The normalized spacial score (nSPS) is 11.0. The molecular formula is C19H14N2O6. The van der Waals surface area contributed by atoms with Gasteiger partial charge in [0, 0.05) is 5.92 Å². The SMILES string of the molecule is CCC(c1ccc(N=C=O)c(C(=O)O)c1)c1ccc(N=C=O)c(C(=O)O)c1. The molecule has 2 aromatic rings. The number of carbonyl (C=O) groups is 2. The average molecular weight is 366 g/mol. The van der Waals surface area contributed by atoms with Crippen molar-refractivity contribution in [3.05, 3.63) is 58.7 Å². The molecule has 2 N–H and O–H groups in total. The predicted molar refractivity (Wildman–Crippen MR) is 94.5 cm³/mol. The Balaban J connectivity index is 2.60. The van der Waals surface area contributed by atoms with E-state index in [-0.39, 0.29) is 28.4 Å². The van der Waals surface area contributed by atoms with Gasteiger partial charge >= 0.3 is 11.9 Å². The molecule has 0 amide bonds. The highest BCUT2D eigenvalue weighted by molar-refractivity contribution is 5.95. The van der Waals surface area contributed by atoms with Crippen molar-refractivity contribution in [2.24, 2.45) is 9.98 Å². The highest BCUT2D eigenvalue weighted by Crippen LogP contribution is 2.33. The molecule has 8 heteroatoms. The number of carboxylic acids is 2. The summed E-state index contributed by atoms with van der Waals surface area (Å²) in [6.45, 7) is 1.86. The third-order valence-corrected chi connectivity index (χ3v) is 4.05. The minimum absolute atomic E-state index is 0.0157. The highest BCUT2D eigenvalue weighted by Gasteiger charge is 2.19. The second-order valence-electron chi connectivity index (χ2n) is 5.53. The topological polar surface area (TPSA) is 133 Å². The molecule has 0 saturated heterocycles. The number of aromatic carboxylic acids is 2. The maximum absolute atomic E-state index is 11.4. The lowest BCUT2D eigenvalue weighted by Crippen LogP contribution is -2.05. The van der Waals surface area contributed by atoms with Crippen molar-refractivity contribution < 1.29 is 29.4 Å². The van der Waals surface area contributed by atoms with Crippen molar-refractivity contribution in [1.82, 2.24) is 0 Å². The summed E-state index contributed by atoms with van der Waals surface area (Å²) >= 11 is 0. The quantitative estimate of drug-likeness (QED) is 0.568. The first-order valence-corrected chi connectivity index (χ1v) is 7.83. The van der Waals surface area contributed by atoms with E-state index in [0.29, 0.717) is 17.5 Å². The fourth-order valence-electron chi connectivity index (χ4n) is 2.84. The van der Waals surface area contributed by atoms with Gasteiger partial charge in [-0.3, -0.25) is 0 Å². The number of carboxylic acid groups (broad SMARTS) is 2. The Morgan fingerprint density at radius 3 is 1.59 bits per heavy atom. The zero-order valence-electron chi connectivity index (χ0n) is 14.2. The van der Waals surface area contributed by atoms with Gasteiger partial charge in [0.1, 0.15) is 0 Å². The number of benzene rings is 2. The van der Waals surface area contributed by atoms with Gasteiger partial charge in [0.15, 0.2) is 0 Å². The molecule has 0 radical (unpaired) electrons. The first-order chi connectivity index (χ1) is 12.9. The average Bonchev–Trinajstić information content (AvgIpc) is 2.64. The molecule has 0 atom stereocenters. The van der Waals surface area contributed by atoms with Gasteiger partial charge in [0.05, 0.1) is 22.5 Å². The van der Waals surface area contributed by atoms with Crippen LogP contribution in [0.15, 0.2) is 46.4 Å². The van der Waals surface area contributed by atoms with Crippen LogP contribution >= 0.6 is 0 Å². The van der Waals surface area contributed by atoms with Crippen LogP contribution in [0.3, 0.4) is 0 Å². The Hall–Kier alpha value is -3.86. The smallest absolute Gasteiger partial charge is 0.337 e. The summed E-state index contributed by atoms with van der Waals surface area (Å²) < 4.78 is 0. The lowest BCUT2D eigenvalue weighted by atomic mass is 9.87. The van der Waals surface area contributed by atoms with E-state index in [1.165, 1.54) is 36.4 Å². The minimum atomic E-state index is -1.25. The van der Waals surface area contributed by atoms with E-state index >= 15 is 0 Å². The van der Waals surface area contributed by atoms with Gasteiger partial charge < -0.3 is 10.2 Å². The lowest BCUT2D eigenvalue weighted by Gasteiger charge is -2.18. The fourth-order valence-corrected chi connectivity index (χ4v) is 2.84. The third-order valence-electron chi connectivity index (χ3n) is 4.05. The molecule has 0 aliphatic rings. The van der Waals surface area contributed by atoms with E-state index in [4.69, 9.17) is 0 Å². The maximum Gasteiger partial charge on any atom is 0.337 e. The van der Waals surface area contributed by atoms with Gasteiger partial charge in [-0.15, -0.1) is 0 Å². The summed E-state index contributed by atoms with van der Waals surface area (Å²) in [4.78, 5) is 50.6. The van der Waals surface area contributed by atoms with Gasteiger partial charge in [0.25, 0.3) is 0 Å². The summed E-state index contributed by atoms with van der Waals surface area (Å²) in [6.07, 6.45) is 3.18. The molecule has 0 aliphatic heterocycles. The summed E-state index contributed by atoms with van der Waals surface area (Å²) in [5.41, 5.74) is 0.881. The second-order valence-corrected chi connectivity index (χ2v) is 5.53. The molecule has 2 aromatic carbocycles. The van der Waals surface area contributed by atoms with Gasteiger partial charge in [0.2, 0.25) is 12.2 Å². The Morgan fingerprint density at radius 1 is 0.889 bits per heavy atom. The van der Waals surface area contributed by atoms with Crippen LogP contribution in [0.4, 0.5) is 11.4 Å². The molecule has 0 aliphatic carbocycles. The molecule has 27 heavy (non-hydrogen) atoms. The Kier molecular flexibility index (Phi) is 6.12. The number of hydrogen-bond donors (Lipinski definition) is 2. The van der Waals surface area contributed by atoms with Crippen LogP contribution in [0.1, 0.15) is 51.1 Å². The lowest BCUT2D eigenvalue weighted by molar-refractivity contribution is 0.0687. The molecule has 2 rings (SSSR count). The fraction of sp³-hybridized carbons (Fsp3) is 0.158. The van der Waals surface area contributed by atoms with E-state index in [0.717, 1.165) is 0 Å². The van der Waals surface area contributed by atoms with E-state index in [1.807, 2.05) is 6.92 Å². The zero-order valence-corrected chi connectivity index (χ0v) is 14.2. The molecule has 136 valence electrons. The molecule has 0 bridgehead atoms. The highest BCUT2D eigenvalue weighted by atomic mass is 16.4. The Morgan fingerprint density at radius 2 is 1.30 bits per heavy atom. The first kappa shape index (κ1) is 19.5. The van der Waals surface area contributed by atoms with E-state index in [1.54, 1.807) is 12.1 Å². The van der Waals surface area contributed by atoms with Gasteiger partial charge in [-0.25, -0.2) is 19.2 Å². The Bertz CT molecular complexity index is 922. The molecular weight excluding hydrogens is 352 g/mol. The zero-order chi connectivity index (χ0) is 20.0. The summed E-state index contributed by atoms with van der Waals surface area (Å²) in [7, 11) is 0. The Labute approximate surface area is 153 Å². The standard InChI is InChI=1S/C19H14N2O6/c1-2-13(11-3-5-16(20-9-22)14(7-11)18(24)25)12-4-6-17(21-10-23)15(8-12)19(26)27/h3-8,13H,2H2,1H3,(H,24,25)(H,26,27). The van der Waals surface area contributed by atoms with E-state index in [9.17, 15) is 29.4 Å². The van der Waals surface area contributed by atoms with E-state index < -0.39 is 11.9 Å². The van der Waals surface area contributed by atoms with Crippen LogP contribution in [0, 0.1) is 0 Å². The van der Waals surface area contributed by atoms with Crippen molar-refractivity contribution in [3.8, 4) is 0 Å². The monoisotopic (exact) mass is 366 g/mol. The number of carbonyl (C=O) groups excluding carboxylic acids is 2.